The molecule has 0 aliphatic rings. The molecule has 3 aromatic carbocycles. The van der Waals surface area contributed by atoms with Gasteiger partial charge >= 0.3 is 12.1 Å². The first-order valence-corrected chi connectivity index (χ1v) is 11.5. The van der Waals surface area contributed by atoms with E-state index in [1.807, 2.05) is 0 Å². The van der Waals surface area contributed by atoms with Crippen molar-refractivity contribution in [1.82, 2.24) is 5.16 Å². The Bertz CT molecular complexity index is 1650. The van der Waals surface area contributed by atoms with Crippen molar-refractivity contribution in [2.24, 2.45) is 0 Å². The van der Waals surface area contributed by atoms with E-state index < -0.39 is 29.5 Å². The van der Waals surface area contributed by atoms with Crippen LogP contribution >= 0.6 is 0 Å². The summed E-state index contributed by atoms with van der Waals surface area (Å²) in [6.45, 7) is 1.77. The van der Waals surface area contributed by atoms with E-state index in [0.717, 1.165) is 12.1 Å². The molecule has 0 aliphatic carbocycles. The predicted octanol–water partition coefficient (Wildman–Crippen LogP) is 6.07. The predicted molar refractivity (Wildman–Crippen MR) is 134 cm³/mol. The Labute approximate surface area is 218 Å². The summed E-state index contributed by atoms with van der Waals surface area (Å²) in [6.07, 6.45) is -4.09. The van der Waals surface area contributed by atoms with Gasteiger partial charge in [0.1, 0.15) is 0 Å². The third kappa shape index (κ3) is 5.57. The minimum absolute atomic E-state index is 0.00141. The van der Waals surface area contributed by atoms with Crippen LogP contribution in [0.25, 0.3) is 22.1 Å². The summed E-state index contributed by atoms with van der Waals surface area (Å²) in [6, 6.07) is 12.7. The molecule has 0 bridgehead atoms. The minimum Gasteiger partial charge on any atom is -0.478 e. The molecule has 198 valence electrons. The van der Waals surface area contributed by atoms with Crippen LogP contribution in [0.15, 0.2) is 59.1 Å². The van der Waals surface area contributed by atoms with Crippen LogP contribution in [0, 0.1) is 11.3 Å². The number of benzene rings is 3. The van der Waals surface area contributed by atoms with Crippen molar-refractivity contribution < 1.29 is 37.2 Å². The molecule has 4 rings (SSSR count). The second kappa shape index (κ2) is 10.7. The Morgan fingerprint density at radius 1 is 1.03 bits per heavy atom. The van der Waals surface area contributed by atoms with Gasteiger partial charge in [0.15, 0.2) is 11.3 Å². The molecule has 12 heteroatoms. The SMILES string of the molecule is CCCC(=O)Nc1cc2onc(C(=O)Nc3ccc(C#N)cc3C(=O)O)c2cc1-c1ccccc1C(F)(F)F. The number of carboxylic acid groups (broad SMARTS) is 1. The smallest absolute Gasteiger partial charge is 0.417 e. The van der Waals surface area contributed by atoms with Crippen LogP contribution in [-0.4, -0.2) is 28.0 Å². The maximum absolute atomic E-state index is 13.9. The van der Waals surface area contributed by atoms with Crippen molar-refractivity contribution >= 4 is 40.1 Å². The Balaban J connectivity index is 1.85. The number of hydrogen-bond acceptors (Lipinski definition) is 6. The number of nitrogens with one attached hydrogen (secondary N) is 2. The molecule has 9 nitrogen and oxygen atoms in total. The number of nitriles is 1. The Morgan fingerprint density at radius 3 is 2.44 bits per heavy atom. The molecule has 0 saturated carbocycles. The number of carbonyl (C=O) groups excluding carboxylic acids is 2. The average Bonchev–Trinajstić information content (AvgIpc) is 3.31. The van der Waals surface area contributed by atoms with Gasteiger partial charge in [-0.3, -0.25) is 9.59 Å². The molecule has 2 amide bonds. The second-order valence-corrected chi connectivity index (χ2v) is 8.40. The van der Waals surface area contributed by atoms with Gasteiger partial charge in [-0.05, 0) is 42.3 Å². The fraction of sp³-hybridized carbons (Fsp3) is 0.148. The first-order valence-electron chi connectivity index (χ1n) is 11.5. The normalized spacial score (nSPS) is 11.2. The number of fused-ring (bicyclic) bond motifs is 1. The summed E-state index contributed by atoms with van der Waals surface area (Å²) in [4.78, 5) is 37.1. The number of anilines is 2. The number of carbonyl (C=O) groups is 3. The highest BCUT2D eigenvalue weighted by Crippen LogP contribution is 2.41. The van der Waals surface area contributed by atoms with E-state index >= 15 is 0 Å². The van der Waals surface area contributed by atoms with Gasteiger partial charge < -0.3 is 20.3 Å². The summed E-state index contributed by atoms with van der Waals surface area (Å²) in [5.74, 6) is -2.73. The van der Waals surface area contributed by atoms with Crippen LogP contribution in [0.1, 0.15) is 51.7 Å². The topological polar surface area (TPSA) is 145 Å². The molecule has 3 N–H and O–H groups in total. The summed E-state index contributed by atoms with van der Waals surface area (Å²) >= 11 is 0. The minimum atomic E-state index is -4.71. The van der Waals surface area contributed by atoms with Crippen LogP contribution in [-0.2, 0) is 11.0 Å². The molecular formula is C27H19F3N4O5. The number of alkyl halides is 3. The van der Waals surface area contributed by atoms with Crippen LogP contribution in [0.5, 0.6) is 0 Å². The summed E-state index contributed by atoms with van der Waals surface area (Å²) in [7, 11) is 0. The fourth-order valence-corrected chi connectivity index (χ4v) is 3.96. The molecule has 0 fully saturated rings. The molecule has 0 spiro atoms. The maximum Gasteiger partial charge on any atom is 0.417 e. The highest BCUT2D eigenvalue weighted by Gasteiger charge is 2.34. The van der Waals surface area contributed by atoms with E-state index in [9.17, 15) is 32.7 Å². The quantitative estimate of drug-likeness (QED) is 0.260. The van der Waals surface area contributed by atoms with Crippen molar-refractivity contribution in [2.45, 2.75) is 25.9 Å². The Kier molecular flexibility index (Phi) is 7.35. The number of amides is 2. The highest BCUT2D eigenvalue weighted by atomic mass is 19.4. The summed E-state index contributed by atoms with van der Waals surface area (Å²) in [5, 5.41) is 27.3. The second-order valence-electron chi connectivity index (χ2n) is 8.40. The molecule has 1 aromatic heterocycles. The molecule has 0 unspecified atom stereocenters. The van der Waals surface area contributed by atoms with Crippen molar-refractivity contribution in [2.75, 3.05) is 10.6 Å². The van der Waals surface area contributed by atoms with Crippen LogP contribution in [0.3, 0.4) is 0 Å². The highest BCUT2D eigenvalue weighted by molar-refractivity contribution is 6.14. The van der Waals surface area contributed by atoms with Gasteiger partial charge in [0, 0.05) is 18.1 Å². The maximum atomic E-state index is 13.9. The molecule has 0 atom stereocenters. The van der Waals surface area contributed by atoms with Crippen LogP contribution < -0.4 is 10.6 Å². The molecule has 0 aliphatic heterocycles. The lowest BCUT2D eigenvalue weighted by Crippen LogP contribution is -2.16. The number of halogens is 3. The zero-order valence-corrected chi connectivity index (χ0v) is 20.2. The molecule has 1 heterocycles. The first-order chi connectivity index (χ1) is 18.5. The van der Waals surface area contributed by atoms with Crippen molar-refractivity contribution in [3.63, 3.8) is 0 Å². The van der Waals surface area contributed by atoms with Crippen molar-refractivity contribution in [3.8, 4) is 17.2 Å². The Morgan fingerprint density at radius 2 is 1.77 bits per heavy atom. The number of aromatic carboxylic acids is 1. The van der Waals surface area contributed by atoms with Crippen LogP contribution in [0.2, 0.25) is 0 Å². The van der Waals surface area contributed by atoms with Gasteiger partial charge in [0.2, 0.25) is 5.91 Å². The zero-order valence-electron chi connectivity index (χ0n) is 20.2. The molecule has 0 saturated heterocycles. The lowest BCUT2D eigenvalue weighted by atomic mass is 9.96. The molecular weight excluding hydrogens is 517 g/mol. The standard InChI is InChI=1S/C27H19F3N4O5/c1-2-5-23(35)32-21-12-22-18(11-16(21)15-6-3-4-7-19(15)27(28,29)30)24(34-39-22)25(36)33-20-9-8-14(13-31)10-17(20)26(37)38/h3-4,6-12H,2,5H2,1H3,(H,32,35)(H,33,36)(H,37,38). The van der Waals surface area contributed by atoms with Gasteiger partial charge in [0.25, 0.3) is 5.91 Å². The van der Waals surface area contributed by atoms with E-state index in [2.05, 4.69) is 15.8 Å². The Hall–Kier alpha value is -5.18. The third-order valence-electron chi connectivity index (χ3n) is 5.73. The molecule has 0 radical (unpaired) electrons. The lowest BCUT2D eigenvalue weighted by Gasteiger charge is -2.16. The van der Waals surface area contributed by atoms with Gasteiger partial charge in [-0.2, -0.15) is 18.4 Å². The van der Waals surface area contributed by atoms with Gasteiger partial charge in [-0.25, -0.2) is 4.79 Å². The van der Waals surface area contributed by atoms with Crippen molar-refractivity contribution in [3.05, 3.63) is 77.0 Å². The van der Waals surface area contributed by atoms with Crippen LogP contribution in [0.4, 0.5) is 24.5 Å². The van der Waals surface area contributed by atoms with Gasteiger partial charge in [-0.1, -0.05) is 30.3 Å². The van der Waals surface area contributed by atoms with Gasteiger partial charge in [-0.15, -0.1) is 0 Å². The number of nitrogens with zero attached hydrogens (tertiary/aromatic N) is 2. The fourth-order valence-electron chi connectivity index (χ4n) is 3.96. The average molecular weight is 536 g/mol. The number of carboxylic acids is 1. The van der Waals surface area contributed by atoms with E-state index in [1.54, 1.807) is 13.0 Å². The summed E-state index contributed by atoms with van der Waals surface area (Å²) < 4.78 is 46.8. The van der Waals surface area contributed by atoms with E-state index in [-0.39, 0.29) is 56.7 Å². The van der Waals surface area contributed by atoms with E-state index in [0.29, 0.717) is 6.42 Å². The van der Waals surface area contributed by atoms with E-state index in [1.165, 1.54) is 42.5 Å². The monoisotopic (exact) mass is 536 g/mol. The van der Waals surface area contributed by atoms with Crippen molar-refractivity contribution in [1.29, 1.82) is 5.26 Å². The van der Waals surface area contributed by atoms with Gasteiger partial charge in [0.05, 0.1) is 39.5 Å². The molecule has 39 heavy (non-hydrogen) atoms. The zero-order chi connectivity index (χ0) is 28.3. The number of aromatic nitrogens is 1. The van der Waals surface area contributed by atoms with E-state index in [4.69, 9.17) is 9.78 Å². The first kappa shape index (κ1) is 26.9. The third-order valence-corrected chi connectivity index (χ3v) is 5.73. The number of rotatable bonds is 7. The summed E-state index contributed by atoms with van der Waals surface area (Å²) in [5.41, 5.74) is -1.95. The lowest BCUT2D eigenvalue weighted by molar-refractivity contribution is -0.137. The molecule has 4 aromatic rings. The largest absolute Gasteiger partial charge is 0.478 e. The number of hydrogen-bond donors (Lipinski definition) is 3.